The molecule has 0 spiro atoms. The van der Waals surface area contributed by atoms with Crippen molar-refractivity contribution in [3.05, 3.63) is 33.0 Å². The average Bonchev–Trinajstić information content (AvgIpc) is 2.48. The zero-order chi connectivity index (χ0) is 15.4. The van der Waals surface area contributed by atoms with Crippen molar-refractivity contribution in [2.24, 2.45) is 0 Å². The number of esters is 1. The van der Waals surface area contributed by atoms with Crippen LogP contribution in [0.15, 0.2) is 32.6 Å². The minimum atomic E-state index is -0.340. The van der Waals surface area contributed by atoms with Gasteiger partial charge >= 0.3 is 5.97 Å². The van der Waals surface area contributed by atoms with Crippen molar-refractivity contribution in [3.63, 3.8) is 0 Å². The maximum absolute atomic E-state index is 12.6. The molecule has 0 saturated heterocycles. The summed E-state index contributed by atoms with van der Waals surface area (Å²) in [6.45, 7) is 2.56. The fourth-order valence-electron chi connectivity index (χ4n) is 1.89. The summed E-state index contributed by atoms with van der Waals surface area (Å²) < 4.78 is 7.08. The number of carbonyl (C=O) groups excluding carboxylic acids is 1. The van der Waals surface area contributed by atoms with Gasteiger partial charge in [0, 0.05) is 11.0 Å². The van der Waals surface area contributed by atoms with Crippen molar-refractivity contribution in [1.82, 2.24) is 9.55 Å². The number of nitrogens with zero attached hydrogens (tertiary/aromatic N) is 2. The summed E-state index contributed by atoms with van der Waals surface area (Å²) in [5.74, 6) is -0.206. The van der Waals surface area contributed by atoms with E-state index in [0.717, 1.165) is 10.9 Å². The molecule has 1 heterocycles. The lowest BCUT2D eigenvalue weighted by atomic mass is 10.2. The third-order valence-corrected chi connectivity index (χ3v) is 4.32. The first-order valence-electron chi connectivity index (χ1n) is 6.46. The molecule has 112 valence electrons. The second kappa shape index (κ2) is 7.09. The summed E-state index contributed by atoms with van der Waals surface area (Å²) in [7, 11) is 1.34. The number of hydrogen-bond donors (Lipinski definition) is 0. The molecule has 0 aliphatic heterocycles. The fraction of sp³-hybridized carbons (Fsp3) is 0.357. The highest BCUT2D eigenvalue weighted by atomic mass is 79.9. The molecular weight excluding hydrogens is 356 g/mol. The number of benzene rings is 1. The maximum atomic E-state index is 12.6. The van der Waals surface area contributed by atoms with Gasteiger partial charge in [-0.15, -0.1) is 0 Å². The molecule has 2 aromatic rings. The zero-order valence-corrected chi connectivity index (χ0v) is 14.2. The van der Waals surface area contributed by atoms with Gasteiger partial charge in [0.2, 0.25) is 0 Å². The Labute approximate surface area is 134 Å². The first-order chi connectivity index (χ1) is 10.1. The molecule has 0 aliphatic carbocycles. The molecule has 2 rings (SSSR count). The molecule has 7 heteroatoms. The highest BCUT2D eigenvalue weighted by Gasteiger charge is 2.13. The van der Waals surface area contributed by atoms with E-state index in [9.17, 15) is 9.59 Å². The fourth-order valence-corrected chi connectivity index (χ4v) is 3.10. The number of rotatable bonds is 5. The molecule has 0 fully saturated rings. The van der Waals surface area contributed by atoms with Crippen LogP contribution in [-0.2, 0) is 16.1 Å². The highest BCUT2D eigenvalue weighted by Crippen LogP contribution is 2.20. The predicted octanol–water partition coefficient (Wildman–Crippen LogP) is 2.83. The molecule has 0 unspecified atom stereocenters. The van der Waals surface area contributed by atoms with Gasteiger partial charge in [-0.2, -0.15) is 0 Å². The molecule has 0 bridgehead atoms. The molecule has 0 amide bonds. The van der Waals surface area contributed by atoms with Crippen LogP contribution in [0.3, 0.4) is 0 Å². The van der Waals surface area contributed by atoms with Crippen molar-refractivity contribution >= 4 is 44.6 Å². The van der Waals surface area contributed by atoms with Crippen molar-refractivity contribution < 1.29 is 9.53 Å². The van der Waals surface area contributed by atoms with E-state index in [-0.39, 0.29) is 17.3 Å². The van der Waals surface area contributed by atoms with E-state index in [2.05, 4.69) is 25.7 Å². The lowest BCUT2D eigenvalue weighted by molar-refractivity contribution is -0.137. The second-order valence-electron chi connectivity index (χ2n) is 4.38. The molecule has 0 saturated carbocycles. The van der Waals surface area contributed by atoms with Crippen LogP contribution < -0.4 is 5.56 Å². The van der Waals surface area contributed by atoms with Crippen molar-refractivity contribution in [1.29, 1.82) is 0 Å². The molecule has 5 nitrogen and oxygen atoms in total. The standard InChI is InChI=1S/C14H15BrN2O3S/c1-3-6-17-13(19)10-7-9(15)4-5-11(10)16-14(17)21-8-12(18)20-2/h4-5,7H,3,6,8H2,1-2H3. The van der Waals surface area contributed by atoms with E-state index in [0.29, 0.717) is 22.6 Å². The molecular formula is C14H15BrN2O3S. The minimum absolute atomic E-state index is 0.0875. The van der Waals surface area contributed by atoms with Crippen LogP contribution in [0.4, 0.5) is 0 Å². The Balaban J connectivity index is 2.52. The predicted molar refractivity (Wildman–Crippen MR) is 86.7 cm³/mol. The average molecular weight is 371 g/mol. The van der Waals surface area contributed by atoms with Crippen LogP contribution >= 0.6 is 27.7 Å². The van der Waals surface area contributed by atoms with Crippen LogP contribution in [0.5, 0.6) is 0 Å². The van der Waals surface area contributed by atoms with Crippen LogP contribution in [-0.4, -0.2) is 28.4 Å². The normalized spacial score (nSPS) is 10.8. The van der Waals surface area contributed by atoms with Gasteiger partial charge in [-0.3, -0.25) is 14.2 Å². The summed E-state index contributed by atoms with van der Waals surface area (Å²) in [6.07, 6.45) is 0.812. The maximum Gasteiger partial charge on any atom is 0.316 e. The lowest BCUT2D eigenvalue weighted by Crippen LogP contribution is -2.23. The number of hydrogen-bond acceptors (Lipinski definition) is 5. The number of ether oxygens (including phenoxy) is 1. The molecule has 1 aromatic carbocycles. The van der Waals surface area contributed by atoms with E-state index in [1.165, 1.54) is 18.9 Å². The molecule has 0 radical (unpaired) electrons. The topological polar surface area (TPSA) is 61.2 Å². The van der Waals surface area contributed by atoms with Crippen molar-refractivity contribution in [3.8, 4) is 0 Å². The van der Waals surface area contributed by atoms with Crippen LogP contribution in [0.25, 0.3) is 10.9 Å². The smallest absolute Gasteiger partial charge is 0.316 e. The Morgan fingerprint density at radius 1 is 1.48 bits per heavy atom. The number of aromatic nitrogens is 2. The van der Waals surface area contributed by atoms with E-state index in [1.807, 2.05) is 13.0 Å². The number of halogens is 1. The molecule has 21 heavy (non-hydrogen) atoms. The van der Waals surface area contributed by atoms with Crippen LogP contribution in [0.1, 0.15) is 13.3 Å². The van der Waals surface area contributed by atoms with Crippen molar-refractivity contribution in [2.75, 3.05) is 12.9 Å². The molecule has 0 atom stereocenters. The summed E-state index contributed by atoms with van der Waals surface area (Å²) in [5.41, 5.74) is 0.540. The van der Waals surface area contributed by atoms with Gasteiger partial charge in [-0.25, -0.2) is 4.98 Å². The van der Waals surface area contributed by atoms with E-state index in [4.69, 9.17) is 0 Å². The Morgan fingerprint density at radius 3 is 2.90 bits per heavy atom. The number of carbonyl (C=O) groups is 1. The van der Waals surface area contributed by atoms with Gasteiger partial charge in [0.05, 0.1) is 23.8 Å². The third kappa shape index (κ3) is 3.65. The molecule has 0 aliphatic rings. The minimum Gasteiger partial charge on any atom is -0.468 e. The highest BCUT2D eigenvalue weighted by molar-refractivity contribution is 9.10. The van der Waals surface area contributed by atoms with Crippen molar-refractivity contribution in [2.45, 2.75) is 25.0 Å². The van der Waals surface area contributed by atoms with Gasteiger partial charge in [0.25, 0.3) is 5.56 Å². The van der Waals surface area contributed by atoms with Gasteiger partial charge in [-0.1, -0.05) is 34.6 Å². The van der Waals surface area contributed by atoms with Crippen LogP contribution in [0, 0.1) is 0 Å². The monoisotopic (exact) mass is 370 g/mol. The molecule has 0 N–H and O–H groups in total. The summed E-state index contributed by atoms with van der Waals surface area (Å²) in [6, 6.07) is 5.40. The van der Waals surface area contributed by atoms with Gasteiger partial charge in [0.1, 0.15) is 0 Å². The summed E-state index contributed by atoms with van der Waals surface area (Å²) in [5, 5.41) is 1.11. The Kier molecular flexibility index (Phi) is 5.41. The third-order valence-electron chi connectivity index (χ3n) is 2.88. The SMILES string of the molecule is CCCn1c(SCC(=O)OC)nc2ccc(Br)cc2c1=O. The summed E-state index contributed by atoms with van der Waals surface area (Å²) >= 11 is 4.58. The number of methoxy groups -OCH3 is 1. The number of fused-ring (bicyclic) bond motifs is 1. The largest absolute Gasteiger partial charge is 0.468 e. The summed E-state index contributed by atoms with van der Waals surface area (Å²) in [4.78, 5) is 28.4. The number of thioether (sulfide) groups is 1. The van der Waals surface area contributed by atoms with Gasteiger partial charge in [-0.05, 0) is 24.6 Å². The van der Waals surface area contributed by atoms with Gasteiger partial charge in [0.15, 0.2) is 5.16 Å². The van der Waals surface area contributed by atoms with E-state index in [1.54, 1.807) is 16.7 Å². The van der Waals surface area contributed by atoms with Gasteiger partial charge < -0.3 is 4.74 Å². The first-order valence-corrected chi connectivity index (χ1v) is 8.24. The zero-order valence-electron chi connectivity index (χ0n) is 11.8. The second-order valence-corrected chi connectivity index (χ2v) is 6.24. The quantitative estimate of drug-likeness (QED) is 0.460. The van der Waals surface area contributed by atoms with E-state index < -0.39 is 0 Å². The lowest BCUT2D eigenvalue weighted by Gasteiger charge is -2.12. The van der Waals surface area contributed by atoms with E-state index >= 15 is 0 Å². The first kappa shape index (κ1) is 16.0. The Hall–Kier alpha value is -1.34. The molecule has 1 aromatic heterocycles. The Bertz CT molecular complexity index is 730. The Morgan fingerprint density at radius 2 is 2.24 bits per heavy atom. The van der Waals surface area contributed by atoms with Crippen LogP contribution in [0.2, 0.25) is 0 Å².